The highest BCUT2D eigenvalue weighted by molar-refractivity contribution is 5.73. The lowest BCUT2D eigenvalue weighted by Gasteiger charge is -2.31. The Balaban J connectivity index is 2.29. The van der Waals surface area contributed by atoms with Crippen molar-refractivity contribution in [2.75, 3.05) is 7.11 Å². The summed E-state index contributed by atoms with van der Waals surface area (Å²) in [5, 5.41) is 13.0. The first-order valence-electron chi connectivity index (χ1n) is 5.74. The molecule has 1 aromatic carbocycles. The van der Waals surface area contributed by atoms with Crippen LogP contribution < -0.4 is 10.1 Å². The van der Waals surface area contributed by atoms with Crippen LogP contribution in [0.5, 0.6) is 5.75 Å². The van der Waals surface area contributed by atoms with Gasteiger partial charge in [0.1, 0.15) is 5.75 Å². The number of aliphatic hydroxyl groups is 1. The number of hydrogen-bond donors (Lipinski definition) is 2. The number of ether oxygens (including phenoxy) is 1. The quantitative estimate of drug-likeness (QED) is 0.809. The molecule has 0 saturated carbocycles. The van der Waals surface area contributed by atoms with Crippen LogP contribution in [0.25, 0.3) is 0 Å². The van der Waals surface area contributed by atoms with Crippen molar-refractivity contribution in [3.8, 4) is 5.75 Å². The molecule has 1 aliphatic rings. The molecular weight excluding hydrogens is 218 g/mol. The van der Waals surface area contributed by atoms with Crippen molar-refractivity contribution in [3.05, 3.63) is 29.3 Å². The van der Waals surface area contributed by atoms with Crippen LogP contribution in [-0.2, 0) is 11.2 Å². The Hall–Kier alpha value is -1.55. The van der Waals surface area contributed by atoms with Crippen molar-refractivity contribution in [1.29, 1.82) is 0 Å². The Kier molecular flexibility index (Phi) is 3.33. The zero-order valence-corrected chi connectivity index (χ0v) is 10.1. The first-order chi connectivity index (χ1) is 8.13. The molecule has 0 saturated heterocycles. The zero-order chi connectivity index (χ0) is 12.4. The third-order valence-corrected chi connectivity index (χ3v) is 3.18. The maximum absolute atomic E-state index is 11.0. The van der Waals surface area contributed by atoms with Crippen LogP contribution in [-0.4, -0.2) is 24.2 Å². The SMILES string of the molecule is COc1cccc2c1CC[C@@H](NC(C)=O)[C@@H]2O. The summed E-state index contributed by atoms with van der Waals surface area (Å²) in [6.07, 6.45) is 0.882. The lowest BCUT2D eigenvalue weighted by atomic mass is 9.85. The van der Waals surface area contributed by atoms with E-state index in [1.807, 2.05) is 18.2 Å². The molecule has 4 nitrogen and oxygen atoms in total. The summed E-state index contributed by atoms with van der Waals surface area (Å²) in [6.45, 7) is 1.47. The monoisotopic (exact) mass is 235 g/mol. The molecular formula is C13H17NO3. The zero-order valence-electron chi connectivity index (χ0n) is 10.1. The fraction of sp³-hybridized carbons (Fsp3) is 0.462. The molecule has 0 unspecified atom stereocenters. The maximum atomic E-state index is 11.0. The van der Waals surface area contributed by atoms with E-state index < -0.39 is 6.10 Å². The number of fused-ring (bicyclic) bond motifs is 1. The molecule has 0 aliphatic heterocycles. The van der Waals surface area contributed by atoms with Gasteiger partial charge >= 0.3 is 0 Å². The van der Waals surface area contributed by atoms with E-state index in [1.165, 1.54) is 6.92 Å². The van der Waals surface area contributed by atoms with E-state index in [-0.39, 0.29) is 11.9 Å². The van der Waals surface area contributed by atoms with E-state index in [2.05, 4.69) is 5.32 Å². The van der Waals surface area contributed by atoms with Gasteiger partial charge in [0, 0.05) is 12.5 Å². The molecule has 1 aliphatic carbocycles. The maximum Gasteiger partial charge on any atom is 0.217 e. The predicted molar refractivity (Wildman–Crippen MR) is 63.9 cm³/mol. The van der Waals surface area contributed by atoms with E-state index in [0.29, 0.717) is 0 Å². The molecule has 1 aromatic rings. The molecule has 0 fully saturated rings. The van der Waals surface area contributed by atoms with Crippen molar-refractivity contribution in [2.24, 2.45) is 0 Å². The van der Waals surface area contributed by atoms with Crippen LogP contribution in [0.15, 0.2) is 18.2 Å². The van der Waals surface area contributed by atoms with Crippen molar-refractivity contribution >= 4 is 5.91 Å². The summed E-state index contributed by atoms with van der Waals surface area (Å²) in [7, 11) is 1.63. The number of methoxy groups -OCH3 is 1. The second-order valence-corrected chi connectivity index (χ2v) is 4.32. The number of rotatable bonds is 2. The fourth-order valence-electron chi connectivity index (χ4n) is 2.41. The van der Waals surface area contributed by atoms with Gasteiger partial charge in [-0.25, -0.2) is 0 Å². The van der Waals surface area contributed by atoms with E-state index in [4.69, 9.17) is 4.74 Å². The van der Waals surface area contributed by atoms with Gasteiger partial charge in [0.2, 0.25) is 5.91 Å². The Bertz CT molecular complexity index is 431. The lowest BCUT2D eigenvalue weighted by molar-refractivity contribution is -0.120. The van der Waals surface area contributed by atoms with Crippen molar-refractivity contribution in [1.82, 2.24) is 5.32 Å². The topological polar surface area (TPSA) is 58.6 Å². The third kappa shape index (κ3) is 2.26. The number of aliphatic hydroxyl groups excluding tert-OH is 1. The second-order valence-electron chi connectivity index (χ2n) is 4.32. The van der Waals surface area contributed by atoms with Crippen LogP contribution in [0, 0.1) is 0 Å². The summed E-state index contributed by atoms with van der Waals surface area (Å²) >= 11 is 0. The Morgan fingerprint density at radius 1 is 1.53 bits per heavy atom. The van der Waals surface area contributed by atoms with Gasteiger partial charge in [0.15, 0.2) is 0 Å². The van der Waals surface area contributed by atoms with Gasteiger partial charge in [0.25, 0.3) is 0 Å². The molecule has 4 heteroatoms. The average molecular weight is 235 g/mol. The van der Waals surface area contributed by atoms with Crippen LogP contribution in [0.2, 0.25) is 0 Å². The van der Waals surface area contributed by atoms with Crippen LogP contribution in [0.4, 0.5) is 0 Å². The molecule has 2 atom stereocenters. The number of benzene rings is 1. The van der Waals surface area contributed by atoms with Crippen molar-refractivity contribution in [2.45, 2.75) is 31.9 Å². The van der Waals surface area contributed by atoms with Gasteiger partial charge < -0.3 is 15.2 Å². The van der Waals surface area contributed by atoms with Crippen LogP contribution in [0.1, 0.15) is 30.6 Å². The molecule has 0 radical (unpaired) electrons. The van der Waals surface area contributed by atoms with Gasteiger partial charge in [-0.3, -0.25) is 4.79 Å². The minimum Gasteiger partial charge on any atom is -0.496 e. The van der Waals surface area contributed by atoms with E-state index in [1.54, 1.807) is 7.11 Å². The Morgan fingerprint density at radius 2 is 2.29 bits per heavy atom. The molecule has 2 rings (SSSR count). The van der Waals surface area contributed by atoms with E-state index in [9.17, 15) is 9.90 Å². The smallest absolute Gasteiger partial charge is 0.217 e. The van der Waals surface area contributed by atoms with Gasteiger partial charge in [-0.2, -0.15) is 0 Å². The number of nitrogens with one attached hydrogen (secondary N) is 1. The Morgan fingerprint density at radius 3 is 2.94 bits per heavy atom. The Labute approximate surface area is 101 Å². The van der Waals surface area contributed by atoms with E-state index >= 15 is 0 Å². The first kappa shape index (κ1) is 11.9. The van der Waals surface area contributed by atoms with Gasteiger partial charge in [-0.05, 0) is 24.5 Å². The first-order valence-corrected chi connectivity index (χ1v) is 5.74. The van der Waals surface area contributed by atoms with Gasteiger partial charge in [-0.15, -0.1) is 0 Å². The molecule has 0 bridgehead atoms. The summed E-state index contributed by atoms with van der Waals surface area (Å²) in [5.41, 5.74) is 1.90. The molecule has 0 spiro atoms. The van der Waals surface area contributed by atoms with Crippen molar-refractivity contribution in [3.63, 3.8) is 0 Å². The summed E-state index contributed by atoms with van der Waals surface area (Å²) < 4.78 is 5.28. The lowest BCUT2D eigenvalue weighted by Crippen LogP contribution is -2.40. The highest BCUT2D eigenvalue weighted by Gasteiger charge is 2.29. The number of carbonyl (C=O) groups excluding carboxylic acids is 1. The molecule has 1 amide bonds. The minimum atomic E-state index is -0.655. The predicted octanol–water partition coefficient (Wildman–Crippen LogP) is 1.18. The minimum absolute atomic E-state index is 0.111. The molecule has 92 valence electrons. The molecule has 17 heavy (non-hydrogen) atoms. The summed E-state index contributed by atoms with van der Waals surface area (Å²) in [4.78, 5) is 11.0. The summed E-state index contributed by atoms with van der Waals surface area (Å²) in [6, 6.07) is 5.43. The van der Waals surface area contributed by atoms with Crippen LogP contribution >= 0.6 is 0 Å². The molecule has 0 heterocycles. The van der Waals surface area contributed by atoms with Gasteiger partial charge in [-0.1, -0.05) is 12.1 Å². The number of hydrogen-bond acceptors (Lipinski definition) is 3. The highest BCUT2D eigenvalue weighted by atomic mass is 16.5. The summed E-state index contributed by atoms with van der Waals surface area (Å²) in [5.74, 6) is 0.697. The van der Waals surface area contributed by atoms with Crippen molar-refractivity contribution < 1.29 is 14.6 Å². The standard InChI is InChI=1S/C13H17NO3/c1-8(15)14-11-7-6-9-10(13(11)16)4-3-5-12(9)17-2/h3-5,11,13,16H,6-7H2,1-2H3,(H,14,15)/t11-,13-/m1/s1. The second kappa shape index (κ2) is 4.75. The highest BCUT2D eigenvalue weighted by Crippen LogP contribution is 2.35. The molecule has 0 aromatic heterocycles. The third-order valence-electron chi connectivity index (χ3n) is 3.18. The fourth-order valence-corrected chi connectivity index (χ4v) is 2.41. The molecule has 2 N–H and O–H groups in total. The largest absolute Gasteiger partial charge is 0.496 e. The average Bonchev–Trinajstić information content (AvgIpc) is 2.31. The van der Waals surface area contributed by atoms with E-state index in [0.717, 1.165) is 29.7 Å². The normalized spacial score (nSPS) is 22.8. The van der Waals surface area contributed by atoms with Gasteiger partial charge in [0.05, 0.1) is 19.3 Å². The number of amides is 1. The number of carbonyl (C=O) groups is 1. The van der Waals surface area contributed by atoms with Crippen LogP contribution in [0.3, 0.4) is 0 Å².